The van der Waals surface area contributed by atoms with Gasteiger partial charge in [0.05, 0.1) is 6.26 Å². The zero-order valence-electron chi connectivity index (χ0n) is 21.8. The fraction of sp³-hybridized carbons (Fsp3) is 0.194. The highest BCUT2D eigenvalue weighted by atomic mass is 32.2. The zero-order valence-corrected chi connectivity index (χ0v) is 22.6. The van der Waals surface area contributed by atoms with Crippen molar-refractivity contribution >= 4 is 27.3 Å². The number of carbonyl (C=O) groups is 1. The van der Waals surface area contributed by atoms with Crippen LogP contribution in [0.2, 0.25) is 0 Å². The van der Waals surface area contributed by atoms with E-state index in [9.17, 15) is 17.6 Å². The monoisotopic (exact) mass is 545 g/mol. The number of anilines is 2. The molecule has 0 fully saturated rings. The largest absolute Gasteiger partial charge is 0.307 e. The van der Waals surface area contributed by atoms with Gasteiger partial charge in [0.25, 0.3) is 5.91 Å². The smallest absolute Gasteiger partial charge is 0.258 e. The van der Waals surface area contributed by atoms with E-state index in [1.54, 1.807) is 41.3 Å². The second kappa shape index (κ2) is 13.2. The molecule has 8 heteroatoms. The van der Waals surface area contributed by atoms with E-state index in [-0.39, 0.29) is 11.7 Å². The van der Waals surface area contributed by atoms with Gasteiger partial charge in [-0.2, -0.15) is 0 Å². The second-order valence-corrected chi connectivity index (χ2v) is 11.1. The number of halogens is 1. The highest BCUT2D eigenvalue weighted by molar-refractivity contribution is 7.92. The Hall–Kier alpha value is -4.01. The van der Waals surface area contributed by atoms with Gasteiger partial charge in [0, 0.05) is 43.1 Å². The van der Waals surface area contributed by atoms with Crippen LogP contribution in [0, 0.1) is 5.82 Å². The third-order valence-corrected chi connectivity index (χ3v) is 6.87. The molecule has 0 saturated carbocycles. The minimum atomic E-state index is -3.43. The Morgan fingerprint density at radius 3 is 1.92 bits per heavy atom. The molecule has 0 aromatic heterocycles. The lowest BCUT2D eigenvalue weighted by atomic mass is 10.1. The van der Waals surface area contributed by atoms with Crippen molar-refractivity contribution < 1.29 is 17.6 Å². The third-order valence-electron chi connectivity index (χ3n) is 6.27. The molecule has 0 atom stereocenters. The summed E-state index contributed by atoms with van der Waals surface area (Å²) < 4.78 is 39.2. The lowest BCUT2D eigenvalue weighted by molar-refractivity contribution is 0.0983. The SMILES string of the molecule is CS(=O)(=O)Nc1ccc(C(=O)N(CCN(CCc2ccccc2)Cc2ccccc2)c2ccc(F)cc2)cc1. The van der Waals surface area contributed by atoms with E-state index in [0.717, 1.165) is 25.8 Å². The maximum absolute atomic E-state index is 13.7. The van der Waals surface area contributed by atoms with E-state index >= 15 is 0 Å². The second-order valence-electron chi connectivity index (χ2n) is 9.38. The van der Waals surface area contributed by atoms with Crippen molar-refractivity contribution in [2.45, 2.75) is 13.0 Å². The summed E-state index contributed by atoms with van der Waals surface area (Å²) in [6.45, 7) is 2.51. The van der Waals surface area contributed by atoms with Crippen molar-refractivity contribution in [2.24, 2.45) is 0 Å². The van der Waals surface area contributed by atoms with E-state index in [4.69, 9.17) is 0 Å². The van der Waals surface area contributed by atoms with Gasteiger partial charge in [0.15, 0.2) is 0 Å². The Balaban J connectivity index is 1.54. The molecule has 4 aromatic rings. The normalized spacial score (nSPS) is 11.4. The van der Waals surface area contributed by atoms with Crippen LogP contribution in [0.4, 0.5) is 15.8 Å². The minimum Gasteiger partial charge on any atom is -0.307 e. The highest BCUT2D eigenvalue weighted by Crippen LogP contribution is 2.20. The van der Waals surface area contributed by atoms with Crippen LogP contribution < -0.4 is 9.62 Å². The number of nitrogens with zero attached hydrogens (tertiary/aromatic N) is 2. The van der Waals surface area contributed by atoms with E-state index in [1.807, 2.05) is 36.4 Å². The van der Waals surface area contributed by atoms with Crippen molar-refractivity contribution in [2.75, 3.05) is 35.5 Å². The molecule has 0 aliphatic carbocycles. The molecule has 0 bridgehead atoms. The molecule has 0 heterocycles. The molecule has 202 valence electrons. The first kappa shape index (κ1) is 28.0. The number of benzene rings is 4. The van der Waals surface area contributed by atoms with Gasteiger partial charge in [0.2, 0.25) is 10.0 Å². The first-order valence-corrected chi connectivity index (χ1v) is 14.6. The van der Waals surface area contributed by atoms with Crippen LogP contribution in [0.25, 0.3) is 0 Å². The Morgan fingerprint density at radius 1 is 0.744 bits per heavy atom. The summed E-state index contributed by atoms with van der Waals surface area (Å²) in [4.78, 5) is 17.6. The molecular weight excluding hydrogens is 513 g/mol. The Labute approximate surface area is 229 Å². The lowest BCUT2D eigenvalue weighted by Gasteiger charge is -2.28. The molecule has 0 spiro atoms. The van der Waals surface area contributed by atoms with Crippen molar-refractivity contribution in [1.82, 2.24) is 4.90 Å². The molecule has 6 nitrogen and oxygen atoms in total. The van der Waals surface area contributed by atoms with E-state index in [1.165, 1.54) is 23.3 Å². The van der Waals surface area contributed by atoms with Crippen molar-refractivity contribution in [3.05, 3.63) is 132 Å². The van der Waals surface area contributed by atoms with Crippen LogP contribution in [-0.2, 0) is 23.0 Å². The van der Waals surface area contributed by atoms with Crippen LogP contribution in [0.3, 0.4) is 0 Å². The maximum Gasteiger partial charge on any atom is 0.258 e. The first-order chi connectivity index (χ1) is 18.8. The molecule has 0 aliphatic rings. The van der Waals surface area contributed by atoms with Gasteiger partial charge >= 0.3 is 0 Å². The molecule has 0 aliphatic heterocycles. The van der Waals surface area contributed by atoms with E-state index in [0.29, 0.717) is 30.0 Å². The van der Waals surface area contributed by atoms with Crippen molar-refractivity contribution in [1.29, 1.82) is 0 Å². The predicted octanol–water partition coefficient (Wildman–Crippen LogP) is 5.59. The van der Waals surface area contributed by atoms with Gasteiger partial charge in [-0.1, -0.05) is 60.7 Å². The number of carbonyl (C=O) groups excluding carboxylic acids is 1. The predicted molar refractivity (Wildman–Crippen MR) is 155 cm³/mol. The molecular formula is C31H32FN3O3S. The zero-order chi connectivity index (χ0) is 27.7. The summed E-state index contributed by atoms with van der Waals surface area (Å²) in [5.41, 5.74) is 3.78. The van der Waals surface area contributed by atoms with Crippen LogP contribution >= 0.6 is 0 Å². The fourth-order valence-corrected chi connectivity index (χ4v) is 4.87. The Bertz CT molecular complexity index is 1450. The Morgan fingerprint density at radius 2 is 1.33 bits per heavy atom. The average molecular weight is 546 g/mol. The van der Waals surface area contributed by atoms with Gasteiger partial charge in [0.1, 0.15) is 5.82 Å². The Kier molecular flexibility index (Phi) is 9.46. The van der Waals surface area contributed by atoms with Crippen LogP contribution in [0.15, 0.2) is 109 Å². The summed E-state index contributed by atoms with van der Waals surface area (Å²) in [6, 6.07) is 32.6. The van der Waals surface area contributed by atoms with Crippen LogP contribution in [0.5, 0.6) is 0 Å². The van der Waals surface area contributed by atoms with Crippen molar-refractivity contribution in [3.8, 4) is 0 Å². The standard InChI is InChI=1S/C31H32FN3O3S/c1-39(37,38)33-29-16-12-27(13-17-29)31(36)35(30-18-14-28(32)15-19-30)23-22-34(24-26-10-6-3-7-11-26)21-20-25-8-4-2-5-9-25/h2-19,33H,20-24H2,1H3. The summed E-state index contributed by atoms with van der Waals surface area (Å²) in [6.07, 6.45) is 1.94. The van der Waals surface area contributed by atoms with Crippen molar-refractivity contribution in [3.63, 3.8) is 0 Å². The first-order valence-electron chi connectivity index (χ1n) is 12.7. The number of nitrogens with one attached hydrogen (secondary N) is 1. The van der Waals surface area contributed by atoms with E-state index < -0.39 is 10.0 Å². The quantitative estimate of drug-likeness (QED) is 0.252. The van der Waals surface area contributed by atoms with Gasteiger partial charge in [-0.15, -0.1) is 0 Å². The summed E-state index contributed by atoms with van der Waals surface area (Å²) in [5.74, 6) is -0.633. The minimum absolute atomic E-state index is 0.254. The molecule has 1 amide bonds. The number of amides is 1. The van der Waals surface area contributed by atoms with E-state index in [2.05, 4.69) is 33.9 Å². The number of hydrogen-bond acceptors (Lipinski definition) is 4. The van der Waals surface area contributed by atoms with Gasteiger partial charge in [-0.05, 0) is 66.1 Å². The molecule has 1 N–H and O–H groups in total. The molecule has 39 heavy (non-hydrogen) atoms. The summed E-state index contributed by atoms with van der Waals surface area (Å²) in [7, 11) is -3.43. The summed E-state index contributed by atoms with van der Waals surface area (Å²) in [5, 5.41) is 0. The summed E-state index contributed by atoms with van der Waals surface area (Å²) >= 11 is 0. The van der Waals surface area contributed by atoms with Gasteiger partial charge in [-0.3, -0.25) is 14.4 Å². The van der Waals surface area contributed by atoms with Crippen LogP contribution in [-0.4, -0.2) is 45.1 Å². The number of sulfonamides is 1. The lowest BCUT2D eigenvalue weighted by Crippen LogP contribution is -2.39. The van der Waals surface area contributed by atoms with Gasteiger partial charge < -0.3 is 4.90 Å². The van der Waals surface area contributed by atoms with Crippen LogP contribution in [0.1, 0.15) is 21.5 Å². The topological polar surface area (TPSA) is 69.7 Å². The molecule has 4 rings (SSSR count). The highest BCUT2D eigenvalue weighted by Gasteiger charge is 2.20. The molecule has 0 unspecified atom stereocenters. The van der Waals surface area contributed by atoms with Gasteiger partial charge in [-0.25, -0.2) is 12.8 Å². The average Bonchev–Trinajstić information content (AvgIpc) is 2.93. The fourth-order valence-electron chi connectivity index (χ4n) is 4.30. The molecule has 4 aromatic carbocycles. The number of rotatable bonds is 12. The maximum atomic E-state index is 13.7. The molecule has 0 saturated heterocycles. The number of hydrogen-bond donors (Lipinski definition) is 1. The molecule has 0 radical (unpaired) electrons. The third kappa shape index (κ3) is 8.77.